The van der Waals surface area contributed by atoms with Gasteiger partial charge in [-0.05, 0) is 38.2 Å². The maximum atomic E-state index is 4.19. The van der Waals surface area contributed by atoms with Crippen LogP contribution in [-0.4, -0.2) is 11.2 Å². The van der Waals surface area contributed by atoms with Gasteiger partial charge in [-0.3, -0.25) is 4.98 Å². The van der Waals surface area contributed by atoms with Crippen molar-refractivity contribution < 1.29 is 0 Å². The fraction of sp³-hybridized carbons (Fsp3) is 0.500. The van der Waals surface area contributed by atoms with Gasteiger partial charge in [-0.25, -0.2) is 0 Å². The van der Waals surface area contributed by atoms with Gasteiger partial charge in [0.05, 0.1) is 0 Å². The van der Waals surface area contributed by atoms with Crippen LogP contribution in [0.2, 0.25) is 0 Å². The molecule has 0 saturated carbocycles. The molecule has 0 aromatic carbocycles. The maximum Gasteiger partial charge on any atom is 0.0364 e. The highest BCUT2D eigenvalue weighted by molar-refractivity contribution is 7.99. The van der Waals surface area contributed by atoms with Crippen molar-refractivity contribution in [2.24, 2.45) is 0 Å². The summed E-state index contributed by atoms with van der Waals surface area (Å²) in [6.45, 7) is 6.51. The second-order valence-electron chi connectivity index (χ2n) is 3.47. The van der Waals surface area contributed by atoms with E-state index < -0.39 is 0 Å². The fourth-order valence-corrected chi connectivity index (χ4v) is 1.35. The second-order valence-corrected chi connectivity index (χ2v) is 4.89. The Bertz CT molecular complexity index is 268. The Kier molecular flexibility index (Phi) is 2.78. The van der Waals surface area contributed by atoms with Crippen LogP contribution in [0.25, 0.3) is 0 Å². The minimum Gasteiger partial charge on any atom is -0.264 e. The molecule has 0 amide bonds. The highest BCUT2D eigenvalue weighted by Crippen LogP contribution is 2.33. The van der Waals surface area contributed by atoms with Gasteiger partial charge in [-0.2, -0.15) is 11.8 Å². The summed E-state index contributed by atoms with van der Waals surface area (Å²) in [5.41, 5.74) is 2.53. The van der Waals surface area contributed by atoms with Gasteiger partial charge in [0, 0.05) is 17.1 Å². The molecule has 1 nitrogen and oxygen atoms in total. The second kappa shape index (κ2) is 3.48. The van der Waals surface area contributed by atoms with Crippen molar-refractivity contribution in [2.75, 3.05) is 6.26 Å². The Morgan fingerprint density at radius 3 is 2.50 bits per heavy atom. The topological polar surface area (TPSA) is 12.9 Å². The van der Waals surface area contributed by atoms with Crippen molar-refractivity contribution in [2.45, 2.75) is 25.5 Å². The van der Waals surface area contributed by atoms with Crippen LogP contribution in [0.15, 0.2) is 18.5 Å². The summed E-state index contributed by atoms with van der Waals surface area (Å²) in [6.07, 6.45) is 5.96. The van der Waals surface area contributed by atoms with E-state index in [4.69, 9.17) is 0 Å². The summed E-state index contributed by atoms with van der Waals surface area (Å²) >= 11 is 1.85. The van der Waals surface area contributed by atoms with Crippen LogP contribution >= 0.6 is 11.8 Å². The van der Waals surface area contributed by atoms with Crippen molar-refractivity contribution in [3.05, 3.63) is 29.6 Å². The van der Waals surface area contributed by atoms with Gasteiger partial charge in [-0.1, -0.05) is 6.07 Å². The zero-order valence-corrected chi connectivity index (χ0v) is 8.90. The molecule has 0 bridgehead atoms. The summed E-state index contributed by atoms with van der Waals surface area (Å²) in [5, 5.41) is 0. The Morgan fingerprint density at radius 2 is 2.00 bits per heavy atom. The molecule has 66 valence electrons. The predicted molar refractivity (Wildman–Crippen MR) is 55.5 cm³/mol. The average molecular weight is 181 g/mol. The lowest BCUT2D eigenvalue weighted by atomic mass is 10.0. The number of thioether (sulfide) groups is 1. The molecule has 1 rings (SSSR count). The number of hydrogen-bond acceptors (Lipinski definition) is 2. The minimum atomic E-state index is 0.180. The largest absolute Gasteiger partial charge is 0.264 e. The van der Waals surface area contributed by atoms with Crippen LogP contribution < -0.4 is 0 Å². The van der Waals surface area contributed by atoms with Crippen molar-refractivity contribution in [3.63, 3.8) is 0 Å². The van der Waals surface area contributed by atoms with Gasteiger partial charge >= 0.3 is 0 Å². The summed E-state index contributed by atoms with van der Waals surface area (Å²) < 4.78 is 0.180. The van der Waals surface area contributed by atoms with Gasteiger partial charge in [-0.15, -0.1) is 0 Å². The molecule has 0 N–H and O–H groups in total. The standard InChI is InChI=1S/C10H15NS/c1-8-5-9(7-11-6-8)10(2,3)12-4/h5-7H,1-4H3. The molecule has 12 heavy (non-hydrogen) atoms. The number of hydrogen-bond donors (Lipinski definition) is 0. The highest BCUT2D eigenvalue weighted by atomic mass is 32.2. The number of rotatable bonds is 2. The zero-order valence-electron chi connectivity index (χ0n) is 8.09. The summed E-state index contributed by atoms with van der Waals surface area (Å²) in [6, 6.07) is 2.20. The SMILES string of the molecule is CSC(C)(C)c1cncc(C)c1. The van der Waals surface area contributed by atoms with Gasteiger partial charge in [0.1, 0.15) is 0 Å². The molecule has 0 aliphatic heterocycles. The first-order valence-corrected chi connectivity index (χ1v) is 5.26. The van der Waals surface area contributed by atoms with E-state index in [1.54, 1.807) is 0 Å². The summed E-state index contributed by atoms with van der Waals surface area (Å²) in [4.78, 5) is 4.19. The molecule has 0 aliphatic rings. The van der Waals surface area contributed by atoms with Crippen LogP contribution in [0.4, 0.5) is 0 Å². The molecule has 0 spiro atoms. The van der Waals surface area contributed by atoms with Gasteiger partial charge in [0.25, 0.3) is 0 Å². The van der Waals surface area contributed by atoms with E-state index >= 15 is 0 Å². The van der Waals surface area contributed by atoms with Crippen LogP contribution in [0.5, 0.6) is 0 Å². The van der Waals surface area contributed by atoms with E-state index in [0.717, 1.165) is 0 Å². The maximum absolute atomic E-state index is 4.19. The molecule has 0 saturated heterocycles. The molecular weight excluding hydrogens is 166 g/mol. The number of aromatic nitrogens is 1. The van der Waals surface area contributed by atoms with Gasteiger partial charge in [0.2, 0.25) is 0 Å². The molecule has 1 heterocycles. The molecule has 0 atom stereocenters. The quantitative estimate of drug-likeness (QED) is 0.695. The number of nitrogens with zero attached hydrogens (tertiary/aromatic N) is 1. The zero-order chi connectivity index (χ0) is 9.19. The summed E-state index contributed by atoms with van der Waals surface area (Å²) in [7, 11) is 0. The van der Waals surface area contributed by atoms with Crippen LogP contribution in [0.3, 0.4) is 0 Å². The molecule has 0 aliphatic carbocycles. The third-order valence-electron chi connectivity index (χ3n) is 2.08. The molecule has 1 aromatic heterocycles. The predicted octanol–water partition coefficient (Wildman–Crippen LogP) is 2.99. The van der Waals surface area contributed by atoms with E-state index in [2.05, 4.69) is 38.1 Å². The van der Waals surface area contributed by atoms with Crippen molar-refractivity contribution in [3.8, 4) is 0 Å². The number of pyridine rings is 1. The first kappa shape index (κ1) is 9.59. The van der Waals surface area contributed by atoms with Gasteiger partial charge < -0.3 is 0 Å². The first-order chi connectivity index (χ1) is 5.56. The molecule has 1 aromatic rings. The van der Waals surface area contributed by atoms with Gasteiger partial charge in [0.15, 0.2) is 0 Å². The van der Waals surface area contributed by atoms with E-state index in [9.17, 15) is 0 Å². The molecular formula is C10H15NS. The molecule has 0 unspecified atom stereocenters. The molecule has 0 fully saturated rings. The van der Waals surface area contributed by atoms with Crippen LogP contribution in [0, 0.1) is 6.92 Å². The Balaban J connectivity index is 3.03. The molecule has 0 radical (unpaired) electrons. The number of aryl methyl sites for hydroxylation is 1. The molecule has 2 heteroatoms. The van der Waals surface area contributed by atoms with E-state index in [1.807, 2.05) is 24.2 Å². The monoisotopic (exact) mass is 181 g/mol. The van der Waals surface area contributed by atoms with E-state index in [-0.39, 0.29) is 4.75 Å². The van der Waals surface area contributed by atoms with Crippen LogP contribution in [-0.2, 0) is 4.75 Å². The lowest BCUT2D eigenvalue weighted by Gasteiger charge is -2.22. The Labute approximate surface area is 78.6 Å². The summed E-state index contributed by atoms with van der Waals surface area (Å²) in [5.74, 6) is 0. The third kappa shape index (κ3) is 2.01. The van der Waals surface area contributed by atoms with Crippen molar-refractivity contribution in [1.82, 2.24) is 4.98 Å². The highest BCUT2D eigenvalue weighted by Gasteiger charge is 2.18. The Hall–Kier alpha value is -0.500. The van der Waals surface area contributed by atoms with Crippen LogP contribution in [0.1, 0.15) is 25.0 Å². The van der Waals surface area contributed by atoms with Crippen molar-refractivity contribution >= 4 is 11.8 Å². The normalized spacial score (nSPS) is 11.7. The first-order valence-electron chi connectivity index (χ1n) is 4.03. The lowest BCUT2D eigenvalue weighted by Crippen LogP contribution is -2.11. The smallest absolute Gasteiger partial charge is 0.0364 e. The third-order valence-corrected chi connectivity index (χ3v) is 3.34. The minimum absolute atomic E-state index is 0.180. The van der Waals surface area contributed by atoms with E-state index in [1.165, 1.54) is 11.1 Å². The fourth-order valence-electron chi connectivity index (χ4n) is 1.00. The van der Waals surface area contributed by atoms with E-state index in [0.29, 0.717) is 0 Å². The Morgan fingerprint density at radius 1 is 1.33 bits per heavy atom. The lowest BCUT2D eigenvalue weighted by molar-refractivity contribution is 0.777. The average Bonchev–Trinajstić information content (AvgIpc) is 2.05. The van der Waals surface area contributed by atoms with Crippen molar-refractivity contribution in [1.29, 1.82) is 0 Å².